The summed E-state index contributed by atoms with van der Waals surface area (Å²) in [5.74, 6) is -1.70. The van der Waals surface area contributed by atoms with Crippen molar-refractivity contribution in [3.05, 3.63) is 59.7 Å². The molecule has 1 N–H and O–H groups in total. The highest BCUT2D eigenvalue weighted by Gasteiger charge is 2.15. The van der Waals surface area contributed by atoms with Crippen LogP contribution >= 0.6 is 0 Å². The molecule has 27 heavy (non-hydrogen) atoms. The highest BCUT2D eigenvalue weighted by molar-refractivity contribution is 5.91. The molecule has 2 rings (SSSR count). The third kappa shape index (κ3) is 6.06. The molecule has 0 saturated carbocycles. The minimum Gasteiger partial charge on any atom is -0.497 e. The molecule has 0 spiro atoms. The summed E-state index contributed by atoms with van der Waals surface area (Å²) in [7, 11) is 1.58. The number of nitrogens with zero attached hydrogens (tertiary/aromatic N) is 1. The van der Waals surface area contributed by atoms with Gasteiger partial charge in [0.05, 0.1) is 7.11 Å². The Labute approximate surface area is 156 Å². The Hall–Kier alpha value is -2.96. The largest absolute Gasteiger partial charge is 0.497 e. The SMILES string of the molecule is COc1cccc(CCN(CCC(=O)Nc2c(F)cccc2F)C(C)=O)c1. The predicted molar refractivity (Wildman–Crippen MR) is 98.6 cm³/mol. The maximum absolute atomic E-state index is 13.6. The Bertz CT molecular complexity index is 791. The lowest BCUT2D eigenvalue weighted by Gasteiger charge is -2.21. The number of ether oxygens (including phenoxy) is 1. The lowest BCUT2D eigenvalue weighted by molar-refractivity contribution is -0.129. The molecule has 0 fully saturated rings. The van der Waals surface area contributed by atoms with Gasteiger partial charge in [0, 0.05) is 26.4 Å². The van der Waals surface area contributed by atoms with E-state index in [1.807, 2.05) is 24.3 Å². The van der Waals surface area contributed by atoms with Gasteiger partial charge < -0.3 is 15.0 Å². The Morgan fingerprint density at radius 3 is 2.37 bits per heavy atom. The monoisotopic (exact) mass is 376 g/mol. The molecule has 2 aromatic rings. The number of rotatable bonds is 8. The molecule has 0 unspecified atom stereocenters. The molecule has 0 radical (unpaired) electrons. The van der Waals surface area contributed by atoms with Gasteiger partial charge in [-0.15, -0.1) is 0 Å². The zero-order chi connectivity index (χ0) is 19.8. The van der Waals surface area contributed by atoms with Crippen LogP contribution in [0.5, 0.6) is 5.75 Å². The van der Waals surface area contributed by atoms with E-state index in [1.54, 1.807) is 7.11 Å². The Morgan fingerprint density at radius 2 is 1.74 bits per heavy atom. The lowest BCUT2D eigenvalue weighted by atomic mass is 10.1. The second-order valence-electron chi connectivity index (χ2n) is 6.00. The van der Waals surface area contributed by atoms with Crippen molar-refractivity contribution < 1.29 is 23.1 Å². The van der Waals surface area contributed by atoms with Gasteiger partial charge in [-0.25, -0.2) is 8.78 Å². The van der Waals surface area contributed by atoms with Gasteiger partial charge in [-0.3, -0.25) is 9.59 Å². The molecule has 0 aliphatic rings. The average molecular weight is 376 g/mol. The Balaban J connectivity index is 1.90. The molecule has 2 amide bonds. The van der Waals surface area contributed by atoms with Gasteiger partial charge in [-0.2, -0.15) is 0 Å². The maximum Gasteiger partial charge on any atom is 0.226 e. The van der Waals surface area contributed by atoms with Crippen molar-refractivity contribution in [2.24, 2.45) is 0 Å². The van der Waals surface area contributed by atoms with Gasteiger partial charge in [-0.05, 0) is 36.2 Å². The highest BCUT2D eigenvalue weighted by atomic mass is 19.1. The van der Waals surface area contributed by atoms with Crippen LogP contribution < -0.4 is 10.1 Å². The van der Waals surface area contributed by atoms with E-state index in [-0.39, 0.29) is 18.9 Å². The Kier molecular flexibility index (Phi) is 7.28. The third-order valence-corrected chi connectivity index (χ3v) is 4.09. The summed E-state index contributed by atoms with van der Waals surface area (Å²) in [5, 5.41) is 2.22. The van der Waals surface area contributed by atoms with Crippen molar-refractivity contribution in [3.63, 3.8) is 0 Å². The highest BCUT2D eigenvalue weighted by Crippen LogP contribution is 2.18. The van der Waals surface area contributed by atoms with Crippen molar-refractivity contribution in [3.8, 4) is 5.75 Å². The van der Waals surface area contributed by atoms with Crippen LogP contribution in [0.3, 0.4) is 0 Å². The molecular weight excluding hydrogens is 354 g/mol. The number of anilines is 1. The zero-order valence-electron chi connectivity index (χ0n) is 15.3. The average Bonchev–Trinajstić information content (AvgIpc) is 2.64. The number of carbonyl (C=O) groups is 2. The van der Waals surface area contributed by atoms with Crippen molar-refractivity contribution >= 4 is 17.5 Å². The molecule has 0 bridgehead atoms. The van der Waals surface area contributed by atoms with Gasteiger partial charge in [0.15, 0.2) is 0 Å². The quantitative estimate of drug-likeness (QED) is 0.768. The molecule has 0 atom stereocenters. The maximum atomic E-state index is 13.6. The zero-order valence-corrected chi connectivity index (χ0v) is 15.3. The third-order valence-electron chi connectivity index (χ3n) is 4.09. The fraction of sp³-hybridized carbons (Fsp3) is 0.300. The van der Waals surface area contributed by atoms with Gasteiger partial charge in [0.2, 0.25) is 11.8 Å². The normalized spacial score (nSPS) is 10.4. The minimum atomic E-state index is -0.843. The van der Waals surface area contributed by atoms with Gasteiger partial charge in [0.1, 0.15) is 23.1 Å². The van der Waals surface area contributed by atoms with Crippen LogP contribution in [0.1, 0.15) is 18.9 Å². The van der Waals surface area contributed by atoms with E-state index in [0.29, 0.717) is 13.0 Å². The smallest absolute Gasteiger partial charge is 0.226 e. The van der Waals surface area contributed by atoms with Crippen molar-refractivity contribution in [2.75, 3.05) is 25.5 Å². The number of hydrogen-bond donors (Lipinski definition) is 1. The summed E-state index contributed by atoms with van der Waals surface area (Å²) in [5.41, 5.74) is 0.520. The second-order valence-corrected chi connectivity index (χ2v) is 6.00. The van der Waals surface area contributed by atoms with E-state index in [0.717, 1.165) is 23.4 Å². The summed E-state index contributed by atoms with van der Waals surface area (Å²) in [6.45, 7) is 1.99. The van der Waals surface area contributed by atoms with Crippen LogP contribution in [-0.2, 0) is 16.0 Å². The number of hydrogen-bond acceptors (Lipinski definition) is 3. The number of methoxy groups -OCH3 is 1. The molecule has 0 aromatic heterocycles. The van der Waals surface area contributed by atoms with Crippen LogP contribution in [0.15, 0.2) is 42.5 Å². The van der Waals surface area contributed by atoms with Crippen LogP contribution in [0.2, 0.25) is 0 Å². The van der Waals surface area contributed by atoms with Crippen molar-refractivity contribution in [2.45, 2.75) is 19.8 Å². The first-order valence-electron chi connectivity index (χ1n) is 8.53. The number of para-hydroxylation sites is 1. The summed E-state index contributed by atoms with van der Waals surface area (Å²) >= 11 is 0. The predicted octanol–water partition coefficient (Wildman–Crippen LogP) is 3.39. The second kappa shape index (κ2) is 9.66. The van der Waals surface area contributed by atoms with E-state index in [4.69, 9.17) is 4.74 Å². The minimum absolute atomic E-state index is 0.0640. The lowest BCUT2D eigenvalue weighted by Crippen LogP contribution is -2.33. The molecule has 2 aromatic carbocycles. The number of amides is 2. The molecule has 7 heteroatoms. The summed E-state index contributed by atoms with van der Waals surface area (Å²) in [6, 6.07) is 10.8. The number of benzene rings is 2. The summed E-state index contributed by atoms with van der Waals surface area (Å²) in [6.07, 6.45) is 0.534. The molecule has 5 nitrogen and oxygen atoms in total. The fourth-order valence-electron chi connectivity index (χ4n) is 2.57. The summed E-state index contributed by atoms with van der Waals surface area (Å²) in [4.78, 5) is 25.3. The van der Waals surface area contributed by atoms with Gasteiger partial charge in [-0.1, -0.05) is 18.2 Å². The van der Waals surface area contributed by atoms with E-state index in [1.165, 1.54) is 17.9 Å². The topological polar surface area (TPSA) is 58.6 Å². The fourth-order valence-corrected chi connectivity index (χ4v) is 2.57. The van der Waals surface area contributed by atoms with Crippen molar-refractivity contribution in [1.29, 1.82) is 0 Å². The summed E-state index contributed by atoms with van der Waals surface area (Å²) < 4.78 is 32.3. The van der Waals surface area contributed by atoms with Gasteiger partial charge in [0.25, 0.3) is 0 Å². The molecule has 144 valence electrons. The van der Waals surface area contributed by atoms with E-state index in [9.17, 15) is 18.4 Å². The van der Waals surface area contributed by atoms with Gasteiger partial charge >= 0.3 is 0 Å². The first-order valence-corrected chi connectivity index (χ1v) is 8.53. The first kappa shape index (κ1) is 20.4. The van der Waals surface area contributed by atoms with E-state index < -0.39 is 23.2 Å². The van der Waals surface area contributed by atoms with Crippen LogP contribution in [0.4, 0.5) is 14.5 Å². The number of carbonyl (C=O) groups excluding carboxylic acids is 2. The van der Waals surface area contributed by atoms with E-state index >= 15 is 0 Å². The molecule has 0 aliphatic carbocycles. The standard InChI is InChI=1S/C20H22F2N2O3/c1-14(25)24(11-9-15-5-3-6-16(13-15)27-2)12-10-19(26)23-20-17(21)7-4-8-18(20)22/h3-8,13H,9-12H2,1-2H3,(H,23,26). The van der Waals surface area contributed by atoms with Crippen molar-refractivity contribution in [1.82, 2.24) is 4.90 Å². The molecular formula is C20H22F2N2O3. The van der Waals surface area contributed by atoms with Crippen LogP contribution in [-0.4, -0.2) is 36.9 Å². The molecule has 0 aliphatic heterocycles. The number of nitrogens with one attached hydrogen (secondary N) is 1. The molecule has 0 saturated heterocycles. The van der Waals surface area contributed by atoms with E-state index in [2.05, 4.69) is 5.32 Å². The first-order chi connectivity index (χ1) is 12.9. The van der Waals surface area contributed by atoms with Crippen LogP contribution in [0.25, 0.3) is 0 Å². The molecule has 0 heterocycles. The number of halogens is 2. The van der Waals surface area contributed by atoms with Crippen LogP contribution in [0, 0.1) is 11.6 Å². The Morgan fingerprint density at radius 1 is 1.07 bits per heavy atom.